The summed E-state index contributed by atoms with van der Waals surface area (Å²) in [5.74, 6) is -7.11. The third kappa shape index (κ3) is 4.35. The van der Waals surface area contributed by atoms with Crippen LogP contribution in [-0.2, 0) is 28.1 Å². The summed E-state index contributed by atoms with van der Waals surface area (Å²) in [5.41, 5.74) is 5.03. The highest BCUT2D eigenvalue weighted by molar-refractivity contribution is 6.31. The first-order chi connectivity index (χ1) is 18.6. The summed E-state index contributed by atoms with van der Waals surface area (Å²) in [6.07, 6.45) is -6.05. The highest BCUT2D eigenvalue weighted by Crippen LogP contribution is 2.45. The van der Waals surface area contributed by atoms with Gasteiger partial charge >= 0.3 is 18.1 Å². The van der Waals surface area contributed by atoms with Crippen LogP contribution < -0.4 is 11.1 Å². The Kier molecular flexibility index (Phi) is 6.16. The number of carbonyl (C=O) groups is 2. The molecule has 0 spiro atoms. The van der Waals surface area contributed by atoms with Crippen molar-refractivity contribution < 1.29 is 36.6 Å². The van der Waals surface area contributed by atoms with Crippen molar-refractivity contribution in [3.63, 3.8) is 0 Å². The molecule has 1 unspecified atom stereocenters. The van der Waals surface area contributed by atoms with Crippen LogP contribution in [0.15, 0.2) is 24.4 Å². The normalized spacial score (nSPS) is 17.3. The fourth-order valence-electron chi connectivity index (χ4n) is 4.37. The smallest absolute Gasteiger partial charge is 0.453 e. The van der Waals surface area contributed by atoms with Crippen LogP contribution in [0.4, 0.5) is 33.6 Å². The van der Waals surface area contributed by atoms with E-state index < -0.39 is 48.9 Å². The molecule has 1 aromatic carbocycles. The Morgan fingerprint density at radius 2 is 1.95 bits per heavy atom. The molecule has 0 bridgehead atoms. The van der Waals surface area contributed by atoms with Crippen molar-refractivity contribution in [2.75, 3.05) is 11.1 Å². The molecule has 3 aromatic heterocycles. The number of rotatable bonds is 7. The molecule has 18 heteroatoms. The number of aliphatic carboxylic acids is 1. The van der Waals surface area contributed by atoms with Gasteiger partial charge in [0, 0.05) is 23.4 Å². The van der Waals surface area contributed by atoms with Gasteiger partial charge in [-0.25, -0.2) is 14.6 Å². The maximum Gasteiger partial charge on any atom is 0.453 e. The lowest BCUT2D eigenvalue weighted by atomic mass is 9.81. The van der Waals surface area contributed by atoms with Crippen LogP contribution in [0.5, 0.6) is 0 Å². The monoisotopic (exact) mass is 585 g/mol. The first-order valence-corrected chi connectivity index (χ1v) is 11.7. The zero-order valence-corrected chi connectivity index (χ0v) is 20.9. The largest absolute Gasteiger partial charge is 0.480 e. The number of carboxylic acid groups (broad SMARTS) is 1. The maximum atomic E-state index is 13.6. The molecule has 1 aliphatic rings. The number of hydrogen-bond acceptors (Lipinski definition) is 8. The second kappa shape index (κ2) is 9.07. The van der Waals surface area contributed by atoms with Crippen LogP contribution in [0.2, 0.25) is 5.02 Å². The van der Waals surface area contributed by atoms with E-state index in [2.05, 4.69) is 30.7 Å². The van der Waals surface area contributed by atoms with Gasteiger partial charge < -0.3 is 16.2 Å². The number of carboxylic acids is 1. The number of fused-ring (bicyclic) bond motifs is 2. The fraction of sp³-hybridized carbons (Fsp3) is 0.318. The highest BCUT2D eigenvalue weighted by Gasteiger charge is 2.57. The molecule has 5 rings (SSSR count). The summed E-state index contributed by atoms with van der Waals surface area (Å²) >= 11 is 6.03. The van der Waals surface area contributed by atoms with Crippen LogP contribution in [0, 0.1) is 0 Å². The summed E-state index contributed by atoms with van der Waals surface area (Å²) in [6.45, 7) is 0.150. The number of carbonyl (C=O) groups excluding carboxylic acids is 1. The van der Waals surface area contributed by atoms with Gasteiger partial charge in [-0.15, -0.1) is 5.10 Å². The average molecular weight is 586 g/mol. The summed E-state index contributed by atoms with van der Waals surface area (Å²) in [6, 6.07) is 4.27. The number of nitrogens with one attached hydrogen (secondary N) is 1. The van der Waals surface area contributed by atoms with Gasteiger partial charge in [0.15, 0.2) is 5.82 Å². The predicted octanol–water partition coefficient (Wildman–Crippen LogP) is 3.25. The number of aromatic nitrogens is 7. The number of nitrogens with two attached hydrogens (primary N) is 1. The minimum absolute atomic E-state index is 0.00764. The van der Waals surface area contributed by atoms with Gasteiger partial charge in [0.25, 0.3) is 0 Å². The van der Waals surface area contributed by atoms with Gasteiger partial charge in [-0.05, 0) is 25.1 Å². The lowest BCUT2D eigenvalue weighted by Crippen LogP contribution is -2.37. The number of nitrogens with zero attached hydrogens (tertiary/aromatic N) is 7. The predicted molar refractivity (Wildman–Crippen MR) is 129 cm³/mol. The molecule has 4 aromatic rings. The molecule has 4 N–H and O–H groups in total. The highest BCUT2D eigenvalue weighted by atomic mass is 35.5. The number of alkyl halides is 5. The van der Waals surface area contributed by atoms with E-state index in [1.54, 1.807) is 0 Å². The number of halogens is 6. The summed E-state index contributed by atoms with van der Waals surface area (Å²) < 4.78 is 67.4. The fourth-order valence-corrected chi connectivity index (χ4v) is 4.54. The van der Waals surface area contributed by atoms with Crippen LogP contribution >= 0.6 is 11.6 Å². The summed E-state index contributed by atoms with van der Waals surface area (Å²) in [5, 5.41) is 23.8. The van der Waals surface area contributed by atoms with Gasteiger partial charge in [-0.3, -0.25) is 14.3 Å². The van der Waals surface area contributed by atoms with Crippen molar-refractivity contribution in [1.82, 2.24) is 34.7 Å². The van der Waals surface area contributed by atoms with Crippen molar-refractivity contribution in [2.45, 2.75) is 43.9 Å². The standard InChI is InChI=1S/C22H17ClF5N9O3/c1-20(12-7-36(35-33-12)8-13(38)39)14-16(29)30-18(31-17(14)32-19(20)40)15-10-3-2-9(23)6-11(10)37(34-15)5-4-21(24,25)22(26,27)28/h2-3,6-7H,4-5,8H2,1H3,(H,38,39)(H3,29,30,31,32,40). The molecule has 4 heterocycles. The van der Waals surface area contributed by atoms with Crippen LogP contribution in [0.25, 0.3) is 22.4 Å². The SMILES string of the molecule is CC1(c2cn(CC(=O)O)nn2)C(=O)Nc2nc(-c3nn(CCC(F)(F)C(F)(F)F)c4cc(Cl)ccc34)nc(N)c21. The molecule has 0 aliphatic carbocycles. The van der Waals surface area contributed by atoms with E-state index >= 15 is 0 Å². The van der Waals surface area contributed by atoms with Crippen LogP contribution in [0.1, 0.15) is 24.6 Å². The van der Waals surface area contributed by atoms with E-state index in [-0.39, 0.29) is 50.3 Å². The zero-order valence-electron chi connectivity index (χ0n) is 20.2. The van der Waals surface area contributed by atoms with Crippen LogP contribution in [0.3, 0.4) is 0 Å². The van der Waals surface area contributed by atoms with Gasteiger partial charge in [-0.1, -0.05) is 16.8 Å². The quantitative estimate of drug-likeness (QED) is 0.276. The number of benzene rings is 1. The van der Waals surface area contributed by atoms with Gasteiger partial charge in [0.05, 0.1) is 17.3 Å². The Bertz CT molecular complexity index is 1690. The molecule has 0 saturated carbocycles. The first-order valence-electron chi connectivity index (χ1n) is 11.3. The van der Waals surface area contributed by atoms with E-state index in [0.29, 0.717) is 0 Å². The average Bonchev–Trinajstić information content (AvgIpc) is 3.52. The second-order valence-corrected chi connectivity index (χ2v) is 9.55. The molecule has 12 nitrogen and oxygen atoms in total. The second-order valence-electron chi connectivity index (χ2n) is 9.12. The lowest BCUT2D eigenvalue weighted by Gasteiger charge is -2.19. The third-order valence-electron chi connectivity index (χ3n) is 6.45. The summed E-state index contributed by atoms with van der Waals surface area (Å²) in [4.78, 5) is 32.7. The van der Waals surface area contributed by atoms with Gasteiger partial charge in [0.1, 0.15) is 35.0 Å². The molecule has 0 saturated heterocycles. The van der Waals surface area contributed by atoms with E-state index in [4.69, 9.17) is 22.4 Å². The number of aryl methyl sites for hydroxylation is 1. The first kappa shape index (κ1) is 27.2. The van der Waals surface area contributed by atoms with Gasteiger partial charge in [0.2, 0.25) is 5.91 Å². The Labute approximate surface area is 224 Å². The van der Waals surface area contributed by atoms with Crippen molar-refractivity contribution >= 4 is 46.0 Å². The lowest BCUT2D eigenvalue weighted by molar-refractivity contribution is -0.285. The Hall–Kier alpha value is -4.41. The minimum atomic E-state index is -5.74. The van der Waals surface area contributed by atoms with E-state index in [1.165, 1.54) is 31.3 Å². The zero-order chi connectivity index (χ0) is 29.2. The van der Waals surface area contributed by atoms with Crippen molar-refractivity contribution in [3.8, 4) is 11.5 Å². The molecule has 40 heavy (non-hydrogen) atoms. The Balaban J connectivity index is 1.57. The van der Waals surface area contributed by atoms with E-state index in [1.807, 2.05) is 0 Å². The maximum absolute atomic E-state index is 13.6. The molecule has 1 aliphatic heterocycles. The Morgan fingerprint density at radius 1 is 1.23 bits per heavy atom. The summed E-state index contributed by atoms with van der Waals surface area (Å²) in [7, 11) is 0. The van der Waals surface area contributed by atoms with Gasteiger partial charge in [-0.2, -0.15) is 27.1 Å². The number of amides is 1. The Morgan fingerprint density at radius 3 is 2.62 bits per heavy atom. The minimum Gasteiger partial charge on any atom is -0.480 e. The third-order valence-corrected chi connectivity index (χ3v) is 6.68. The topological polar surface area (TPSA) is 167 Å². The van der Waals surface area contributed by atoms with Crippen LogP contribution in [-0.4, -0.2) is 63.8 Å². The van der Waals surface area contributed by atoms with Crippen molar-refractivity contribution in [2.24, 2.45) is 0 Å². The molecular weight excluding hydrogens is 569 g/mol. The molecule has 0 radical (unpaired) electrons. The molecule has 1 amide bonds. The molecule has 0 fully saturated rings. The number of nitrogen functional groups attached to an aromatic ring is 1. The molecule has 1 atom stereocenters. The van der Waals surface area contributed by atoms with E-state index in [0.717, 1.165) is 9.36 Å². The molecule has 210 valence electrons. The number of anilines is 2. The number of hydrogen-bond donors (Lipinski definition) is 3. The van der Waals surface area contributed by atoms with E-state index in [9.17, 15) is 31.5 Å². The van der Waals surface area contributed by atoms with Crippen molar-refractivity contribution in [1.29, 1.82) is 0 Å². The molecular formula is C22H17ClF5N9O3. The van der Waals surface area contributed by atoms with Crippen molar-refractivity contribution in [3.05, 3.63) is 40.7 Å².